The fourth-order valence-electron chi connectivity index (χ4n) is 2.29. The van der Waals surface area contributed by atoms with Crippen molar-refractivity contribution in [3.05, 3.63) is 28.8 Å². The summed E-state index contributed by atoms with van der Waals surface area (Å²) in [5.74, 6) is 0. The molecule has 6 heteroatoms. The molecule has 106 valence electrons. The Morgan fingerprint density at radius 2 is 1.89 bits per heavy atom. The standard InChI is InChI=1S/C13H15ClF3NO/c14-9-7-8(13(15,16)17)5-6-10(9)18-11-3-1-2-4-12(11)19/h5-7,11-12,18-19H,1-4H2. The third kappa shape index (κ3) is 3.54. The number of halogens is 4. The average Bonchev–Trinajstić information content (AvgIpc) is 2.33. The molecule has 2 nitrogen and oxygen atoms in total. The first kappa shape index (κ1) is 14.5. The van der Waals surface area contributed by atoms with E-state index in [-0.39, 0.29) is 11.1 Å². The maximum absolute atomic E-state index is 12.5. The number of hydrogen-bond donors (Lipinski definition) is 2. The van der Waals surface area contributed by atoms with E-state index in [1.165, 1.54) is 6.07 Å². The van der Waals surface area contributed by atoms with Crippen molar-refractivity contribution in [1.82, 2.24) is 0 Å². The average molecular weight is 294 g/mol. The van der Waals surface area contributed by atoms with Crippen molar-refractivity contribution in [3.8, 4) is 0 Å². The van der Waals surface area contributed by atoms with Gasteiger partial charge in [-0.1, -0.05) is 24.4 Å². The first-order chi connectivity index (χ1) is 8.88. The van der Waals surface area contributed by atoms with Crippen molar-refractivity contribution in [1.29, 1.82) is 0 Å². The second kappa shape index (κ2) is 5.59. The van der Waals surface area contributed by atoms with Gasteiger partial charge in [0.05, 0.1) is 28.4 Å². The Morgan fingerprint density at radius 3 is 2.47 bits per heavy atom. The molecule has 1 aliphatic rings. The van der Waals surface area contributed by atoms with E-state index < -0.39 is 17.8 Å². The molecule has 0 bridgehead atoms. The topological polar surface area (TPSA) is 32.3 Å². The number of aliphatic hydroxyl groups excluding tert-OH is 1. The lowest BCUT2D eigenvalue weighted by Gasteiger charge is -2.29. The summed E-state index contributed by atoms with van der Waals surface area (Å²) in [6.07, 6.45) is -1.42. The van der Waals surface area contributed by atoms with Gasteiger partial charge >= 0.3 is 6.18 Å². The molecule has 1 fully saturated rings. The minimum absolute atomic E-state index is 0.0209. The monoisotopic (exact) mass is 293 g/mol. The molecular formula is C13H15ClF3NO. The minimum Gasteiger partial charge on any atom is -0.391 e. The number of benzene rings is 1. The number of alkyl halides is 3. The molecular weight excluding hydrogens is 279 g/mol. The Kier molecular flexibility index (Phi) is 4.26. The summed E-state index contributed by atoms with van der Waals surface area (Å²) in [7, 11) is 0. The largest absolute Gasteiger partial charge is 0.416 e. The van der Waals surface area contributed by atoms with E-state index in [0.717, 1.165) is 31.4 Å². The van der Waals surface area contributed by atoms with Gasteiger partial charge < -0.3 is 10.4 Å². The van der Waals surface area contributed by atoms with Crippen LogP contribution < -0.4 is 5.32 Å². The Balaban J connectivity index is 2.13. The molecule has 0 radical (unpaired) electrons. The Labute approximate surface area is 114 Å². The van der Waals surface area contributed by atoms with Gasteiger partial charge in [0.25, 0.3) is 0 Å². The zero-order valence-electron chi connectivity index (χ0n) is 10.2. The van der Waals surface area contributed by atoms with Crippen LogP contribution in [0.25, 0.3) is 0 Å². The molecule has 1 saturated carbocycles. The lowest BCUT2D eigenvalue weighted by Crippen LogP contribution is -2.36. The summed E-state index contributed by atoms with van der Waals surface area (Å²) < 4.78 is 37.5. The highest BCUT2D eigenvalue weighted by Gasteiger charge is 2.31. The molecule has 19 heavy (non-hydrogen) atoms. The van der Waals surface area contributed by atoms with Crippen molar-refractivity contribution in [3.63, 3.8) is 0 Å². The van der Waals surface area contributed by atoms with E-state index >= 15 is 0 Å². The molecule has 1 aromatic carbocycles. The van der Waals surface area contributed by atoms with Crippen molar-refractivity contribution >= 4 is 17.3 Å². The molecule has 2 rings (SSSR count). The van der Waals surface area contributed by atoms with E-state index in [2.05, 4.69) is 5.32 Å². The minimum atomic E-state index is -4.40. The van der Waals surface area contributed by atoms with E-state index in [9.17, 15) is 18.3 Å². The first-order valence-corrected chi connectivity index (χ1v) is 6.57. The molecule has 0 amide bonds. The van der Waals surface area contributed by atoms with Crippen LogP contribution in [-0.2, 0) is 6.18 Å². The summed E-state index contributed by atoms with van der Waals surface area (Å²) in [5, 5.41) is 12.9. The number of aliphatic hydroxyl groups is 1. The molecule has 0 heterocycles. The molecule has 2 unspecified atom stereocenters. The molecule has 2 atom stereocenters. The van der Waals surface area contributed by atoms with Crippen LogP contribution in [0.4, 0.5) is 18.9 Å². The zero-order chi connectivity index (χ0) is 14.0. The van der Waals surface area contributed by atoms with Gasteiger partial charge in [-0.25, -0.2) is 0 Å². The smallest absolute Gasteiger partial charge is 0.391 e. The van der Waals surface area contributed by atoms with Crippen LogP contribution >= 0.6 is 11.6 Å². The molecule has 1 aliphatic carbocycles. The van der Waals surface area contributed by atoms with Crippen molar-refractivity contribution in [2.45, 2.75) is 44.0 Å². The maximum atomic E-state index is 12.5. The van der Waals surface area contributed by atoms with Crippen LogP contribution in [0.3, 0.4) is 0 Å². The molecule has 2 N–H and O–H groups in total. The Morgan fingerprint density at radius 1 is 1.21 bits per heavy atom. The highest BCUT2D eigenvalue weighted by Crippen LogP contribution is 2.34. The molecule has 0 saturated heterocycles. The van der Waals surface area contributed by atoms with Crippen molar-refractivity contribution in [2.24, 2.45) is 0 Å². The van der Waals surface area contributed by atoms with E-state index in [4.69, 9.17) is 11.6 Å². The predicted molar refractivity (Wildman–Crippen MR) is 68.3 cm³/mol. The van der Waals surface area contributed by atoms with Gasteiger partial charge in [0.15, 0.2) is 0 Å². The van der Waals surface area contributed by atoms with Gasteiger partial charge in [0.2, 0.25) is 0 Å². The molecule has 0 aromatic heterocycles. The van der Waals surface area contributed by atoms with E-state index in [1.54, 1.807) is 0 Å². The lowest BCUT2D eigenvalue weighted by atomic mass is 9.92. The lowest BCUT2D eigenvalue weighted by molar-refractivity contribution is -0.137. The number of nitrogens with one attached hydrogen (secondary N) is 1. The number of hydrogen-bond acceptors (Lipinski definition) is 2. The predicted octanol–water partition coefficient (Wildman–Crippen LogP) is 4.07. The summed E-state index contributed by atoms with van der Waals surface area (Å²) >= 11 is 5.86. The Bertz CT molecular complexity index is 450. The van der Waals surface area contributed by atoms with Crippen molar-refractivity contribution in [2.75, 3.05) is 5.32 Å². The van der Waals surface area contributed by atoms with Crippen LogP contribution in [0.5, 0.6) is 0 Å². The maximum Gasteiger partial charge on any atom is 0.416 e. The fourth-order valence-corrected chi connectivity index (χ4v) is 2.52. The van der Waals surface area contributed by atoms with Crippen LogP contribution in [-0.4, -0.2) is 17.3 Å². The van der Waals surface area contributed by atoms with E-state index in [0.29, 0.717) is 12.1 Å². The van der Waals surface area contributed by atoms with Crippen LogP contribution in [0.1, 0.15) is 31.2 Å². The van der Waals surface area contributed by atoms with Crippen LogP contribution in [0.15, 0.2) is 18.2 Å². The number of anilines is 1. The summed E-state index contributed by atoms with van der Waals surface area (Å²) in [4.78, 5) is 0. The summed E-state index contributed by atoms with van der Waals surface area (Å²) in [5.41, 5.74) is -0.340. The van der Waals surface area contributed by atoms with Gasteiger partial charge in [0.1, 0.15) is 0 Å². The van der Waals surface area contributed by atoms with Gasteiger partial charge in [-0.05, 0) is 31.0 Å². The zero-order valence-corrected chi connectivity index (χ0v) is 10.9. The number of rotatable bonds is 2. The normalized spacial score (nSPS) is 24.3. The third-order valence-corrected chi connectivity index (χ3v) is 3.68. The van der Waals surface area contributed by atoms with Crippen LogP contribution in [0, 0.1) is 0 Å². The highest BCUT2D eigenvalue weighted by atomic mass is 35.5. The second-order valence-corrected chi connectivity index (χ2v) is 5.20. The quantitative estimate of drug-likeness (QED) is 0.861. The fraction of sp³-hybridized carbons (Fsp3) is 0.538. The van der Waals surface area contributed by atoms with Crippen LogP contribution in [0.2, 0.25) is 5.02 Å². The SMILES string of the molecule is OC1CCCCC1Nc1ccc(C(F)(F)F)cc1Cl. The molecule has 1 aromatic rings. The molecule has 0 spiro atoms. The highest BCUT2D eigenvalue weighted by molar-refractivity contribution is 6.33. The van der Waals surface area contributed by atoms with Gasteiger partial charge in [-0.15, -0.1) is 0 Å². The Hall–Kier alpha value is -0.940. The summed E-state index contributed by atoms with van der Waals surface area (Å²) in [6, 6.07) is 3.05. The summed E-state index contributed by atoms with van der Waals surface area (Å²) in [6.45, 7) is 0. The third-order valence-electron chi connectivity index (χ3n) is 3.37. The van der Waals surface area contributed by atoms with Gasteiger partial charge in [-0.3, -0.25) is 0 Å². The van der Waals surface area contributed by atoms with Gasteiger partial charge in [0, 0.05) is 0 Å². The van der Waals surface area contributed by atoms with Crippen molar-refractivity contribution < 1.29 is 18.3 Å². The molecule has 0 aliphatic heterocycles. The van der Waals surface area contributed by atoms with Gasteiger partial charge in [-0.2, -0.15) is 13.2 Å². The van der Waals surface area contributed by atoms with E-state index in [1.807, 2.05) is 0 Å². The second-order valence-electron chi connectivity index (χ2n) is 4.80. The first-order valence-electron chi connectivity index (χ1n) is 6.19.